The molecule has 0 unspecified atom stereocenters. The summed E-state index contributed by atoms with van der Waals surface area (Å²) < 4.78 is 10.2. The van der Waals surface area contributed by atoms with Crippen molar-refractivity contribution in [1.82, 2.24) is 0 Å². The van der Waals surface area contributed by atoms with E-state index in [0.717, 1.165) is 6.07 Å². The van der Waals surface area contributed by atoms with E-state index in [-0.39, 0.29) is 43.4 Å². The summed E-state index contributed by atoms with van der Waals surface area (Å²) in [5.74, 6) is 0.267. The number of carbonyl (C=O) groups is 1. The molecule has 1 N–H and O–H groups in total. The van der Waals surface area contributed by atoms with Gasteiger partial charge in [-0.3, -0.25) is 14.9 Å². The highest BCUT2D eigenvalue weighted by Crippen LogP contribution is 2.22. The highest BCUT2D eigenvalue weighted by molar-refractivity contribution is 5.80. The van der Waals surface area contributed by atoms with E-state index >= 15 is 0 Å². The molecule has 0 amide bonds. The molecule has 0 aromatic heterocycles. The Bertz CT molecular complexity index is 420. The third-order valence-corrected chi connectivity index (χ3v) is 2.05. The van der Waals surface area contributed by atoms with Gasteiger partial charge in [0.25, 0.3) is 5.69 Å². The first kappa shape index (κ1) is 14.1. The van der Waals surface area contributed by atoms with Gasteiger partial charge in [0.15, 0.2) is 6.29 Å². The number of hydrogen-bond donors (Lipinski definition) is 1. The van der Waals surface area contributed by atoms with Crippen LogP contribution in [0, 0.1) is 10.1 Å². The highest BCUT2D eigenvalue weighted by Gasteiger charge is 2.11. The number of nitro benzene ring substituents is 1. The Morgan fingerprint density at radius 1 is 1.33 bits per heavy atom. The van der Waals surface area contributed by atoms with Gasteiger partial charge in [-0.2, -0.15) is 0 Å². The van der Waals surface area contributed by atoms with Gasteiger partial charge in [0.1, 0.15) is 12.4 Å². The summed E-state index contributed by atoms with van der Waals surface area (Å²) >= 11 is 0. The molecule has 0 fully saturated rings. The van der Waals surface area contributed by atoms with Crippen LogP contribution in [0.25, 0.3) is 0 Å². The van der Waals surface area contributed by atoms with Crippen LogP contribution in [0.1, 0.15) is 10.4 Å². The normalized spacial score (nSPS) is 10.1. The zero-order valence-electron chi connectivity index (χ0n) is 9.57. The van der Waals surface area contributed by atoms with E-state index in [1.54, 1.807) is 0 Å². The van der Waals surface area contributed by atoms with Crippen LogP contribution in [-0.2, 0) is 4.74 Å². The first-order valence-corrected chi connectivity index (χ1v) is 5.24. The minimum Gasteiger partial charge on any atom is -0.490 e. The first-order valence-electron chi connectivity index (χ1n) is 5.24. The monoisotopic (exact) mass is 255 g/mol. The molecular formula is C11H13NO6. The molecule has 7 nitrogen and oxygen atoms in total. The molecule has 98 valence electrons. The Kier molecular flexibility index (Phi) is 5.75. The fraction of sp³-hybridized carbons (Fsp3) is 0.364. The maximum Gasteiger partial charge on any atom is 0.270 e. The molecule has 0 heterocycles. The first-order chi connectivity index (χ1) is 8.69. The minimum absolute atomic E-state index is 0.0723. The van der Waals surface area contributed by atoms with E-state index in [0.29, 0.717) is 6.29 Å². The number of rotatable bonds is 8. The molecule has 0 saturated heterocycles. The van der Waals surface area contributed by atoms with Crippen LogP contribution in [0.5, 0.6) is 5.75 Å². The van der Waals surface area contributed by atoms with Crippen molar-refractivity contribution < 1.29 is 24.3 Å². The third kappa shape index (κ3) is 4.11. The summed E-state index contributed by atoms with van der Waals surface area (Å²) in [5, 5.41) is 19.0. The second-order valence-electron chi connectivity index (χ2n) is 3.28. The fourth-order valence-electron chi connectivity index (χ4n) is 1.25. The lowest BCUT2D eigenvalue weighted by atomic mass is 10.2. The van der Waals surface area contributed by atoms with Crippen LogP contribution in [-0.4, -0.2) is 42.7 Å². The van der Waals surface area contributed by atoms with Gasteiger partial charge in [-0.25, -0.2) is 0 Å². The van der Waals surface area contributed by atoms with Crippen LogP contribution in [0.4, 0.5) is 5.69 Å². The molecule has 0 atom stereocenters. The number of ether oxygens (including phenoxy) is 2. The van der Waals surface area contributed by atoms with Crippen molar-refractivity contribution in [1.29, 1.82) is 0 Å². The quantitative estimate of drug-likeness (QED) is 0.319. The van der Waals surface area contributed by atoms with Gasteiger partial charge in [-0.15, -0.1) is 0 Å². The molecule has 1 aromatic carbocycles. The van der Waals surface area contributed by atoms with Gasteiger partial charge in [0.05, 0.1) is 30.3 Å². The molecule has 1 rings (SSSR count). The maximum atomic E-state index is 10.8. The van der Waals surface area contributed by atoms with E-state index in [9.17, 15) is 14.9 Å². The van der Waals surface area contributed by atoms with Crippen molar-refractivity contribution in [2.75, 3.05) is 26.4 Å². The van der Waals surface area contributed by atoms with Gasteiger partial charge in [-0.1, -0.05) is 0 Å². The van der Waals surface area contributed by atoms with E-state index in [2.05, 4.69) is 0 Å². The Labute approximate surface area is 103 Å². The average Bonchev–Trinajstić information content (AvgIpc) is 2.38. The number of benzene rings is 1. The largest absolute Gasteiger partial charge is 0.490 e. The zero-order valence-corrected chi connectivity index (χ0v) is 9.57. The number of aldehydes is 1. The molecule has 0 aliphatic heterocycles. The van der Waals surface area contributed by atoms with Crippen molar-refractivity contribution >= 4 is 12.0 Å². The third-order valence-electron chi connectivity index (χ3n) is 2.05. The Hall–Kier alpha value is -1.99. The van der Waals surface area contributed by atoms with Crippen LogP contribution in [0.2, 0.25) is 0 Å². The van der Waals surface area contributed by atoms with Crippen molar-refractivity contribution in [3.05, 3.63) is 33.9 Å². The summed E-state index contributed by atoms with van der Waals surface area (Å²) in [4.78, 5) is 20.7. The summed E-state index contributed by atoms with van der Waals surface area (Å²) in [7, 11) is 0. The van der Waals surface area contributed by atoms with Gasteiger partial charge in [0.2, 0.25) is 0 Å². The summed E-state index contributed by atoms with van der Waals surface area (Å²) in [6.45, 7) is 0.593. The number of aliphatic hydroxyl groups is 1. The number of aliphatic hydroxyl groups excluding tert-OH is 1. The number of nitrogens with zero attached hydrogens (tertiary/aromatic N) is 1. The molecule has 0 radical (unpaired) electrons. The van der Waals surface area contributed by atoms with Crippen molar-refractivity contribution in [2.45, 2.75) is 0 Å². The van der Waals surface area contributed by atoms with Gasteiger partial charge >= 0.3 is 0 Å². The molecule has 0 spiro atoms. The van der Waals surface area contributed by atoms with Gasteiger partial charge in [-0.05, 0) is 6.07 Å². The van der Waals surface area contributed by atoms with Gasteiger partial charge < -0.3 is 14.6 Å². The molecular weight excluding hydrogens is 242 g/mol. The van der Waals surface area contributed by atoms with Crippen molar-refractivity contribution in [2.24, 2.45) is 0 Å². The Balaban J connectivity index is 2.60. The Morgan fingerprint density at radius 3 is 2.72 bits per heavy atom. The molecule has 0 saturated carbocycles. The van der Waals surface area contributed by atoms with E-state index in [1.165, 1.54) is 12.1 Å². The highest BCUT2D eigenvalue weighted by atomic mass is 16.6. The molecule has 1 aromatic rings. The Morgan fingerprint density at radius 2 is 2.11 bits per heavy atom. The molecule has 0 aliphatic rings. The number of hydrogen-bond acceptors (Lipinski definition) is 6. The second-order valence-corrected chi connectivity index (χ2v) is 3.28. The lowest BCUT2D eigenvalue weighted by Crippen LogP contribution is -2.10. The fourth-order valence-corrected chi connectivity index (χ4v) is 1.25. The van der Waals surface area contributed by atoms with Crippen molar-refractivity contribution in [3.63, 3.8) is 0 Å². The van der Waals surface area contributed by atoms with Crippen LogP contribution < -0.4 is 4.74 Å². The standard InChI is InChI=1S/C11H13NO6/c13-3-4-17-5-6-18-11-2-1-10(12(15)16)7-9(11)8-14/h1-2,7-8,13H,3-6H2. The topological polar surface area (TPSA) is 98.9 Å². The van der Waals surface area contributed by atoms with Crippen LogP contribution in [0.3, 0.4) is 0 Å². The van der Waals surface area contributed by atoms with E-state index < -0.39 is 4.92 Å². The summed E-state index contributed by atoms with van der Waals surface area (Å²) in [6, 6.07) is 3.78. The van der Waals surface area contributed by atoms with Crippen LogP contribution in [0.15, 0.2) is 18.2 Å². The van der Waals surface area contributed by atoms with E-state index in [4.69, 9.17) is 14.6 Å². The lowest BCUT2D eigenvalue weighted by Gasteiger charge is -2.08. The van der Waals surface area contributed by atoms with Gasteiger partial charge in [0, 0.05) is 12.1 Å². The smallest absolute Gasteiger partial charge is 0.270 e. The summed E-state index contributed by atoms with van der Waals surface area (Å²) in [5.41, 5.74) is -0.0488. The molecule has 7 heteroatoms. The van der Waals surface area contributed by atoms with Crippen molar-refractivity contribution in [3.8, 4) is 5.75 Å². The second kappa shape index (κ2) is 7.36. The number of carbonyl (C=O) groups excluding carboxylic acids is 1. The average molecular weight is 255 g/mol. The lowest BCUT2D eigenvalue weighted by molar-refractivity contribution is -0.384. The number of non-ortho nitro benzene ring substituents is 1. The maximum absolute atomic E-state index is 10.8. The minimum atomic E-state index is -0.582. The predicted molar refractivity (Wildman–Crippen MR) is 61.9 cm³/mol. The molecule has 18 heavy (non-hydrogen) atoms. The predicted octanol–water partition coefficient (Wildman–Crippen LogP) is 0.795. The van der Waals surface area contributed by atoms with Crippen LogP contribution >= 0.6 is 0 Å². The summed E-state index contributed by atoms with van der Waals surface area (Å²) in [6.07, 6.45) is 0.497. The van der Waals surface area contributed by atoms with E-state index in [1.807, 2.05) is 0 Å². The number of nitro groups is 1. The zero-order chi connectivity index (χ0) is 13.4. The molecule has 0 aliphatic carbocycles. The molecule has 0 bridgehead atoms. The SMILES string of the molecule is O=Cc1cc([N+](=O)[O-])ccc1OCCOCCO.